The molecule has 31 heavy (non-hydrogen) atoms. The third-order valence-electron chi connectivity index (χ3n) is 4.39. The lowest BCUT2D eigenvalue weighted by Crippen LogP contribution is -2.23. The van der Waals surface area contributed by atoms with Gasteiger partial charge in [-0.05, 0) is 42.8 Å². The van der Waals surface area contributed by atoms with Crippen molar-refractivity contribution < 1.29 is 14.1 Å². The summed E-state index contributed by atoms with van der Waals surface area (Å²) in [6.45, 7) is 0.173. The topological polar surface area (TPSA) is 131 Å². The summed E-state index contributed by atoms with van der Waals surface area (Å²) in [6, 6.07) is 14.0. The number of carbonyl (C=O) groups is 1. The van der Waals surface area contributed by atoms with Crippen molar-refractivity contribution in [3.8, 4) is 17.3 Å². The Kier molecular flexibility index (Phi) is 6.47. The molecule has 3 rings (SSSR count). The molecule has 0 spiro atoms. The number of benzene rings is 2. The van der Waals surface area contributed by atoms with Crippen LogP contribution >= 0.6 is 0 Å². The molecule has 0 aliphatic heterocycles. The first-order valence-corrected chi connectivity index (χ1v) is 9.20. The lowest BCUT2D eigenvalue weighted by molar-refractivity contribution is -0.384. The number of halogens is 1. The van der Waals surface area contributed by atoms with Gasteiger partial charge in [-0.25, -0.2) is 9.07 Å². The molecule has 0 aliphatic carbocycles. The number of aromatic nitrogens is 2. The predicted molar refractivity (Wildman–Crippen MR) is 110 cm³/mol. The van der Waals surface area contributed by atoms with Gasteiger partial charge in [0.05, 0.1) is 21.9 Å². The number of non-ortho nitro benzene ring substituents is 1. The maximum atomic E-state index is 13.1. The molecule has 1 amide bonds. The van der Waals surface area contributed by atoms with Crippen LogP contribution < -0.4 is 10.9 Å². The highest BCUT2D eigenvalue weighted by Crippen LogP contribution is 2.21. The Labute approximate surface area is 175 Å². The molecule has 1 heterocycles. The summed E-state index contributed by atoms with van der Waals surface area (Å²) < 4.78 is 14.3. The highest BCUT2D eigenvalue weighted by molar-refractivity contribution is 5.92. The third-order valence-corrected chi connectivity index (χ3v) is 4.39. The maximum Gasteiger partial charge on any atom is 0.270 e. The van der Waals surface area contributed by atoms with Gasteiger partial charge in [0.15, 0.2) is 0 Å². The van der Waals surface area contributed by atoms with Crippen LogP contribution in [0.25, 0.3) is 11.3 Å². The molecule has 1 aromatic heterocycles. The lowest BCUT2D eigenvalue weighted by atomic mass is 10.1. The second-order valence-corrected chi connectivity index (χ2v) is 6.54. The van der Waals surface area contributed by atoms with Crippen LogP contribution in [-0.2, 0) is 11.3 Å². The number of nitrogens with zero attached hydrogens (tertiary/aromatic N) is 4. The second-order valence-electron chi connectivity index (χ2n) is 6.54. The number of nitriles is 1. The van der Waals surface area contributed by atoms with E-state index in [0.717, 1.165) is 6.07 Å². The Bertz CT molecular complexity index is 1230. The summed E-state index contributed by atoms with van der Waals surface area (Å²) >= 11 is 0. The van der Waals surface area contributed by atoms with E-state index < -0.39 is 10.8 Å². The first kappa shape index (κ1) is 21.3. The average molecular weight is 421 g/mol. The number of hydrogen-bond acceptors (Lipinski definition) is 6. The van der Waals surface area contributed by atoms with Gasteiger partial charge in [0.1, 0.15) is 11.9 Å². The van der Waals surface area contributed by atoms with Crippen LogP contribution in [0.4, 0.5) is 15.8 Å². The molecule has 1 N–H and O–H groups in total. The fourth-order valence-corrected chi connectivity index (χ4v) is 2.83. The third kappa shape index (κ3) is 5.36. The summed E-state index contributed by atoms with van der Waals surface area (Å²) in [7, 11) is 0. The highest BCUT2D eigenvalue weighted by Gasteiger charge is 2.13. The predicted octanol–water partition coefficient (Wildman–Crippen LogP) is 3.25. The molecule has 10 heteroatoms. The van der Waals surface area contributed by atoms with E-state index in [4.69, 9.17) is 5.26 Å². The number of hydrogen-bond donors (Lipinski definition) is 1. The van der Waals surface area contributed by atoms with E-state index >= 15 is 0 Å². The van der Waals surface area contributed by atoms with Crippen molar-refractivity contribution in [1.82, 2.24) is 9.78 Å². The van der Waals surface area contributed by atoms with E-state index in [-0.39, 0.29) is 41.3 Å². The van der Waals surface area contributed by atoms with Gasteiger partial charge in [0.25, 0.3) is 11.2 Å². The first-order chi connectivity index (χ1) is 14.9. The van der Waals surface area contributed by atoms with E-state index in [1.54, 1.807) is 12.1 Å². The number of carbonyl (C=O) groups excluding carboxylic acids is 1. The van der Waals surface area contributed by atoms with Crippen LogP contribution in [0.3, 0.4) is 0 Å². The Balaban J connectivity index is 1.63. The molecule has 0 aliphatic rings. The average Bonchev–Trinajstić information content (AvgIpc) is 2.75. The summed E-state index contributed by atoms with van der Waals surface area (Å²) in [5.74, 6) is -0.788. The molecular weight excluding hydrogens is 405 g/mol. The van der Waals surface area contributed by atoms with Crippen LogP contribution in [0.15, 0.2) is 59.4 Å². The fraction of sp³-hybridized carbons (Fsp3) is 0.143. The van der Waals surface area contributed by atoms with Crippen molar-refractivity contribution in [2.24, 2.45) is 0 Å². The largest absolute Gasteiger partial charge is 0.325 e. The molecule has 3 aromatic rings. The summed E-state index contributed by atoms with van der Waals surface area (Å²) in [4.78, 5) is 34.4. The molecule has 156 valence electrons. The van der Waals surface area contributed by atoms with Gasteiger partial charge in [-0.15, -0.1) is 0 Å². The molecule has 0 saturated carbocycles. The molecule has 0 bridgehead atoms. The van der Waals surface area contributed by atoms with E-state index in [9.17, 15) is 24.1 Å². The van der Waals surface area contributed by atoms with Crippen molar-refractivity contribution >= 4 is 17.3 Å². The number of rotatable bonds is 7. The first-order valence-electron chi connectivity index (χ1n) is 9.20. The molecule has 0 fully saturated rings. The Morgan fingerprint density at radius 2 is 1.94 bits per heavy atom. The molecule has 9 nitrogen and oxygen atoms in total. The van der Waals surface area contributed by atoms with E-state index in [0.29, 0.717) is 17.7 Å². The molecule has 2 aromatic carbocycles. The Morgan fingerprint density at radius 1 is 1.19 bits per heavy atom. The van der Waals surface area contributed by atoms with Gasteiger partial charge in [-0.3, -0.25) is 19.7 Å². The van der Waals surface area contributed by atoms with Gasteiger partial charge in [-0.2, -0.15) is 10.4 Å². The van der Waals surface area contributed by atoms with Crippen molar-refractivity contribution in [3.63, 3.8) is 0 Å². The number of nitro benzene ring substituents is 1. The normalized spacial score (nSPS) is 10.3. The molecule has 0 saturated heterocycles. The minimum atomic E-state index is -0.628. The summed E-state index contributed by atoms with van der Waals surface area (Å²) in [5, 5.41) is 26.7. The Morgan fingerprint density at radius 3 is 2.61 bits per heavy atom. The van der Waals surface area contributed by atoms with Gasteiger partial charge >= 0.3 is 0 Å². The van der Waals surface area contributed by atoms with E-state index in [1.165, 1.54) is 41.1 Å². The number of nitro groups is 1. The molecular formula is C21H16FN5O4. The van der Waals surface area contributed by atoms with Crippen molar-refractivity contribution in [2.45, 2.75) is 19.4 Å². The monoisotopic (exact) mass is 421 g/mol. The number of nitrogens with one attached hydrogen (secondary N) is 1. The number of anilines is 1. The fourth-order valence-electron chi connectivity index (χ4n) is 2.83. The molecule has 0 radical (unpaired) electrons. The van der Waals surface area contributed by atoms with Crippen LogP contribution in [0, 0.1) is 27.3 Å². The zero-order chi connectivity index (χ0) is 22.4. The summed E-state index contributed by atoms with van der Waals surface area (Å²) in [6.07, 6.45) is 0.331. The SMILES string of the molecule is N#Cc1cc([N+](=O)[O-])ccc1NC(=O)CCCn1nc(-c2ccc(F)cc2)ccc1=O. The molecule has 0 unspecified atom stereocenters. The zero-order valence-corrected chi connectivity index (χ0v) is 16.1. The lowest BCUT2D eigenvalue weighted by Gasteiger charge is -2.09. The Hall–Kier alpha value is -4.39. The van der Waals surface area contributed by atoms with Crippen molar-refractivity contribution in [3.05, 3.63) is 86.4 Å². The van der Waals surface area contributed by atoms with Crippen molar-refractivity contribution in [2.75, 3.05) is 5.32 Å². The minimum absolute atomic E-state index is 0.0209. The quantitative estimate of drug-likeness (QED) is 0.460. The second kappa shape index (κ2) is 9.41. The number of amides is 1. The van der Waals surface area contributed by atoms with E-state index in [1.807, 2.05) is 6.07 Å². The highest BCUT2D eigenvalue weighted by atomic mass is 19.1. The smallest absolute Gasteiger partial charge is 0.270 e. The van der Waals surface area contributed by atoms with E-state index in [2.05, 4.69) is 10.4 Å². The zero-order valence-electron chi connectivity index (χ0n) is 16.1. The van der Waals surface area contributed by atoms with Gasteiger partial charge in [0, 0.05) is 36.7 Å². The minimum Gasteiger partial charge on any atom is -0.325 e. The standard InChI is InChI=1S/C21H16FN5O4/c22-16-5-3-14(4-6-16)19-9-10-21(29)26(25-19)11-1-2-20(28)24-18-8-7-17(27(30)31)12-15(18)13-23/h3-10,12H,1-2,11H2,(H,24,28). The van der Waals surface area contributed by atoms with Gasteiger partial charge in [-0.1, -0.05) is 0 Å². The molecule has 0 atom stereocenters. The summed E-state index contributed by atoms with van der Waals surface area (Å²) in [5.41, 5.74) is 0.706. The van der Waals surface area contributed by atoms with Crippen molar-refractivity contribution in [1.29, 1.82) is 5.26 Å². The van der Waals surface area contributed by atoms with Gasteiger partial charge in [0.2, 0.25) is 5.91 Å². The maximum absolute atomic E-state index is 13.1. The van der Waals surface area contributed by atoms with Gasteiger partial charge < -0.3 is 5.32 Å². The van der Waals surface area contributed by atoms with Crippen LogP contribution in [0.2, 0.25) is 0 Å². The van der Waals surface area contributed by atoms with Crippen LogP contribution in [0.1, 0.15) is 18.4 Å². The van der Waals surface area contributed by atoms with Crippen LogP contribution in [0.5, 0.6) is 0 Å². The van der Waals surface area contributed by atoms with Crippen LogP contribution in [-0.4, -0.2) is 20.6 Å². The number of aryl methyl sites for hydroxylation is 1.